The second-order valence-electron chi connectivity index (χ2n) is 29.9. The van der Waals surface area contributed by atoms with Crippen molar-refractivity contribution >= 4 is 43.6 Å². The lowest BCUT2D eigenvalue weighted by Gasteiger charge is -2.13. The Morgan fingerprint density at radius 1 is 0.207 bits per heavy atom. The first-order valence-electron chi connectivity index (χ1n) is 39.1. The molecule has 121 heavy (non-hydrogen) atoms. The van der Waals surface area contributed by atoms with Crippen molar-refractivity contribution in [2.45, 2.75) is 41.5 Å². The standard InChI is InChI=1S/C35H26N4O2.C34H26N4O2.C32H24N6O2/c1-20-16-24(28-6-3-4-14-36-28)34(40)26(18-20)30-12-10-22-8-9-23-11-13-31(39-33(23)32(22)38-30)27-19-21(2)17-25(35(27)41)29-7-5-15-37-29;1-19-15-23(27-5-3-13-35-27)33(39)25(17-19)29-11-9-21-7-8-22-10-12-30(38-32(22)31(21)37-29)26-18-20(2)16-24(34(26)40)28-6-4-14-36-28;1-19-13-21(31(39)23(15-19)29-17-33-9-11-35-29)25-5-3-7-27(37-25)28-8-4-6-26(38-28)22-14-20(2)16-24(32(22)40)30-18-34-10-12-36-30/h3-19,37,40-41H,1-2H3;3-18,35-36,39-40H,1-2H3;3-18,39-40H,1-2H3. The van der Waals surface area contributed by atoms with E-state index in [1.165, 1.54) is 0 Å². The highest BCUT2D eigenvalue weighted by molar-refractivity contribution is 6.06. The Balaban J connectivity index is 0.000000124. The number of hydrogen-bond donors (Lipinski definition) is 9. The summed E-state index contributed by atoms with van der Waals surface area (Å²) in [5, 5.41) is 71.3. The molecule has 20 heteroatoms. The van der Waals surface area contributed by atoms with Gasteiger partial charge in [-0.3, -0.25) is 24.9 Å². The monoisotopic (exact) mass is 1580 g/mol. The number of H-pyrrole nitrogens is 3. The Hall–Kier alpha value is -16.4. The molecule has 0 bridgehead atoms. The van der Waals surface area contributed by atoms with Gasteiger partial charge in [0.1, 0.15) is 34.5 Å². The number of pyridine rings is 7. The molecule has 0 spiro atoms. The molecule has 0 aliphatic rings. The highest BCUT2D eigenvalue weighted by Gasteiger charge is 2.24. The van der Waals surface area contributed by atoms with Crippen LogP contribution in [0.5, 0.6) is 34.5 Å². The van der Waals surface area contributed by atoms with Crippen LogP contribution in [0.3, 0.4) is 0 Å². The van der Waals surface area contributed by atoms with Crippen LogP contribution in [-0.2, 0) is 0 Å². The van der Waals surface area contributed by atoms with E-state index in [1.54, 1.807) is 43.4 Å². The summed E-state index contributed by atoms with van der Waals surface area (Å²) in [6.45, 7) is 11.9. The zero-order valence-corrected chi connectivity index (χ0v) is 66.4. The van der Waals surface area contributed by atoms with Gasteiger partial charge in [0.2, 0.25) is 0 Å². The number of nitrogens with zero attached hydrogens (tertiary/aromatic N) is 11. The lowest BCUT2D eigenvalue weighted by molar-refractivity contribution is 0.478. The predicted octanol–water partition coefficient (Wildman–Crippen LogP) is 22.8. The number of hydrogen-bond acceptors (Lipinski definition) is 17. The molecule has 20 nitrogen and oxygen atoms in total. The summed E-state index contributed by atoms with van der Waals surface area (Å²) in [6, 6.07) is 75.4. The lowest BCUT2D eigenvalue weighted by atomic mass is 9.98. The predicted molar refractivity (Wildman–Crippen MR) is 477 cm³/mol. The zero-order chi connectivity index (χ0) is 83.1. The van der Waals surface area contributed by atoms with E-state index in [1.807, 2.05) is 297 Å². The maximum atomic E-state index is 11.3. The first-order valence-corrected chi connectivity index (χ1v) is 39.1. The average Bonchev–Trinajstić information content (AvgIpc) is 1.29. The van der Waals surface area contributed by atoms with Gasteiger partial charge in [0.05, 0.1) is 97.1 Å². The lowest BCUT2D eigenvalue weighted by Crippen LogP contribution is -1.95. The minimum Gasteiger partial charge on any atom is -0.507 e. The SMILES string of the molecule is Cc1cc(-c2ccc3ccc4ccc(-c5cc(C)cc(-c6ccc[nH]6)c5O)nc4c3n2)c(O)c(-c2ccc[nH]2)c1.Cc1cc(-c2ccccn2)c(O)c(-c2ccc3ccc4ccc(-c5cc(C)cc(-c6ccc[nH]6)c5O)nc4c3n2)c1.Cc1cc(-c2cnccn2)c(O)c(-c2cccc(-c3cccc(-c4cc(C)cc(-c5cnccn5)c4O)n3)n2)c1. The molecular formula is C101H76N14O6. The molecule has 0 saturated carbocycles. The fraction of sp³-hybridized carbons (Fsp3) is 0.0594. The first-order chi connectivity index (χ1) is 58.9. The molecule has 20 aromatic rings. The second-order valence-corrected chi connectivity index (χ2v) is 29.9. The quantitative estimate of drug-likeness (QED) is 0.0485. The molecule has 0 radical (unpaired) electrons. The second kappa shape index (κ2) is 32.0. The summed E-state index contributed by atoms with van der Waals surface area (Å²) in [6.07, 6.45) is 16.8. The van der Waals surface area contributed by atoms with E-state index >= 15 is 0 Å². The zero-order valence-electron chi connectivity index (χ0n) is 66.4. The van der Waals surface area contributed by atoms with Crippen molar-refractivity contribution in [2.24, 2.45) is 0 Å². The van der Waals surface area contributed by atoms with Crippen LogP contribution in [0, 0.1) is 41.5 Å². The smallest absolute Gasteiger partial charge is 0.134 e. The topological polar surface area (TPSA) is 311 Å². The van der Waals surface area contributed by atoms with Crippen molar-refractivity contribution in [3.05, 3.63) is 332 Å². The molecule has 0 amide bonds. The molecule has 0 saturated heterocycles. The molecule has 0 unspecified atom stereocenters. The van der Waals surface area contributed by atoms with Gasteiger partial charge in [-0.05, 0) is 245 Å². The van der Waals surface area contributed by atoms with E-state index in [9.17, 15) is 30.6 Å². The van der Waals surface area contributed by atoms with Crippen LogP contribution in [0.25, 0.3) is 190 Å². The van der Waals surface area contributed by atoms with Crippen molar-refractivity contribution in [2.75, 3.05) is 0 Å². The van der Waals surface area contributed by atoms with Gasteiger partial charge in [-0.25, -0.2) is 29.9 Å². The van der Waals surface area contributed by atoms with Crippen molar-refractivity contribution in [3.8, 4) is 181 Å². The maximum Gasteiger partial charge on any atom is 0.134 e. The number of aromatic amines is 3. The summed E-state index contributed by atoms with van der Waals surface area (Å²) in [7, 11) is 0. The van der Waals surface area contributed by atoms with Crippen molar-refractivity contribution in [3.63, 3.8) is 0 Å². The molecular weight excluding hydrogens is 1510 g/mol. The van der Waals surface area contributed by atoms with Gasteiger partial charge in [0.25, 0.3) is 0 Å². The number of aromatic hydroxyl groups is 6. The summed E-state index contributed by atoms with van der Waals surface area (Å²) >= 11 is 0. The van der Waals surface area contributed by atoms with Gasteiger partial charge in [0.15, 0.2) is 0 Å². The van der Waals surface area contributed by atoms with Gasteiger partial charge < -0.3 is 45.6 Å². The summed E-state index contributed by atoms with van der Waals surface area (Å²) in [4.78, 5) is 60.8. The molecule has 586 valence electrons. The van der Waals surface area contributed by atoms with E-state index in [-0.39, 0.29) is 34.5 Å². The molecule has 0 fully saturated rings. The van der Waals surface area contributed by atoms with Crippen LogP contribution in [0.4, 0.5) is 0 Å². The number of aryl methyl sites for hydroxylation is 6. The van der Waals surface area contributed by atoms with Gasteiger partial charge in [0, 0.05) is 155 Å². The average molecular weight is 1580 g/mol. The summed E-state index contributed by atoms with van der Waals surface area (Å²) < 4.78 is 0. The van der Waals surface area contributed by atoms with E-state index < -0.39 is 0 Å². The third kappa shape index (κ3) is 15.1. The first kappa shape index (κ1) is 76.0. The largest absolute Gasteiger partial charge is 0.507 e. The Bertz CT molecular complexity index is 7070. The normalized spacial score (nSPS) is 11.3. The molecule has 9 N–H and O–H groups in total. The van der Waals surface area contributed by atoms with Gasteiger partial charge in [-0.1, -0.05) is 66.7 Å². The third-order valence-electron chi connectivity index (χ3n) is 21.3. The van der Waals surface area contributed by atoms with E-state index in [0.717, 1.165) is 111 Å². The number of phenolic OH excluding ortho intramolecular Hbond substituents is 6. The Kier molecular flexibility index (Phi) is 20.1. The number of phenols is 6. The van der Waals surface area contributed by atoms with E-state index in [2.05, 4.69) is 39.9 Å². The summed E-state index contributed by atoms with van der Waals surface area (Å²) in [5.74, 6) is 0.824. The number of aromatic nitrogens is 14. The van der Waals surface area contributed by atoms with Gasteiger partial charge >= 0.3 is 0 Å². The molecule has 8 aromatic carbocycles. The van der Waals surface area contributed by atoms with E-state index in [4.69, 9.17) is 29.9 Å². The van der Waals surface area contributed by atoms with Crippen LogP contribution in [-0.4, -0.2) is 100 Å². The van der Waals surface area contributed by atoms with Crippen molar-refractivity contribution < 1.29 is 30.6 Å². The van der Waals surface area contributed by atoms with Crippen LogP contribution in [0.15, 0.2) is 299 Å². The highest BCUT2D eigenvalue weighted by atomic mass is 16.3. The van der Waals surface area contributed by atoms with E-state index in [0.29, 0.717) is 113 Å². The molecule has 0 aliphatic heterocycles. The van der Waals surface area contributed by atoms with Crippen molar-refractivity contribution in [1.82, 2.24) is 69.8 Å². The number of fused-ring (bicyclic) bond motifs is 6. The van der Waals surface area contributed by atoms with Crippen LogP contribution < -0.4 is 0 Å². The molecule has 20 rings (SSSR count). The van der Waals surface area contributed by atoms with Crippen LogP contribution in [0.2, 0.25) is 0 Å². The fourth-order valence-corrected chi connectivity index (χ4v) is 15.5. The fourth-order valence-electron chi connectivity index (χ4n) is 15.5. The Morgan fingerprint density at radius 3 is 0.727 bits per heavy atom. The number of nitrogens with one attached hydrogen (secondary N) is 3. The van der Waals surface area contributed by atoms with Crippen molar-refractivity contribution in [1.29, 1.82) is 0 Å². The third-order valence-corrected chi connectivity index (χ3v) is 21.3. The number of benzene rings is 8. The van der Waals surface area contributed by atoms with Gasteiger partial charge in [-0.15, -0.1) is 0 Å². The van der Waals surface area contributed by atoms with Crippen LogP contribution in [0.1, 0.15) is 33.4 Å². The molecule has 12 aromatic heterocycles. The Labute approximate surface area is 694 Å². The molecule has 0 atom stereocenters. The van der Waals surface area contributed by atoms with Gasteiger partial charge in [-0.2, -0.15) is 0 Å². The minimum absolute atomic E-state index is 0.0821. The van der Waals surface area contributed by atoms with Crippen LogP contribution >= 0.6 is 0 Å². The maximum absolute atomic E-state index is 11.3. The Morgan fingerprint density at radius 2 is 0.455 bits per heavy atom. The highest BCUT2D eigenvalue weighted by Crippen LogP contribution is 2.47. The molecule has 0 aliphatic carbocycles. The molecule has 12 heterocycles. The number of rotatable bonds is 13. The minimum atomic E-state index is 0.0821. The summed E-state index contributed by atoms with van der Waals surface area (Å²) in [5.41, 5.74) is 26.1.